The Hall–Kier alpha value is -3.35. The van der Waals surface area contributed by atoms with E-state index in [1.54, 1.807) is 0 Å². The molecule has 0 saturated heterocycles. The number of unbranched alkanes of at least 4 members (excludes halogenated alkanes) is 1. The Balaban J connectivity index is 1.32. The fraction of sp³-hybridized carbons (Fsp3) is 0.400. The molecule has 2 amide bonds. The Morgan fingerprint density at radius 1 is 0.969 bits per heavy atom. The Labute approximate surface area is 187 Å². The molecule has 3 N–H and O–H groups in total. The van der Waals surface area contributed by atoms with Gasteiger partial charge in [0.15, 0.2) is 0 Å². The Bertz CT molecular complexity index is 969. The highest BCUT2D eigenvalue weighted by Gasteiger charge is 2.45. The van der Waals surface area contributed by atoms with Gasteiger partial charge in [0.1, 0.15) is 12.1 Å². The molecule has 0 bridgehead atoms. The number of nitrogens with one attached hydrogen (secondary N) is 2. The van der Waals surface area contributed by atoms with Crippen molar-refractivity contribution < 1.29 is 24.2 Å². The molecule has 2 aliphatic rings. The number of carboxylic acids is 1. The first kappa shape index (κ1) is 21.9. The van der Waals surface area contributed by atoms with Crippen molar-refractivity contribution in [3.05, 3.63) is 59.7 Å². The SMILES string of the molecule is O=C(O)CCCCNC(=O)C1(NC(=O)OCC2c3ccccc3-c3ccccc32)CCC1. The minimum absolute atomic E-state index is 0.0337. The Morgan fingerprint density at radius 2 is 1.59 bits per heavy atom. The summed E-state index contributed by atoms with van der Waals surface area (Å²) in [5.41, 5.74) is 3.66. The second kappa shape index (κ2) is 9.42. The molecule has 0 spiro atoms. The number of rotatable bonds is 9. The quantitative estimate of drug-likeness (QED) is 0.519. The van der Waals surface area contributed by atoms with E-state index in [0.29, 0.717) is 32.2 Å². The Kier molecular flexibility index (Phi) is 6.44. The fourth-order valence-corrected chi connectivity index (χ4v) is 4.54. The molecule has 0 unspecified atom stereocenters. The molecule has 168 valence electrons. The Morgan fingerprint density at radius 3 is 2.16 bits per heavy atom. The van der Waals surface area contributed by atoms with Crippen molar-refractivity contribution in [3.8, 4) is 11.1 Å². The molecule has 7 heteroatoms. The van der Waals surface area contributed by atoms with E-state index in [1.807, 2.05) is 24.3 Å². The lowest BCUT2D eigenvalue weighted by Gasteiger charge is -2.40. The lowest BCUT2D eigenvalue weighted by molar-refractivity contribution is -0.137. The van der Waals surface area contributed by atoms with E-state index in [2.05, 4.69) is 34.9 Å². The molecule has 7 nitrogen and oxygen atoms in total. The van der Waals surface area contributed by atoms with Crippen LogP contribution in [0.4, 0.5) is 4.79 Å². The maximum atomic E-state index is 12.7. The molecular formula is C25H28N2O5. The van der Waals surface area contributed by atoms with Crippen molar-refractivity contribution in [1.82, 2.24) is 10.6 Å². The highest BCUT2D eigenvalue weighted by atomic mass is 16.5. The van der Waals surface area contributed by atoms with Crippen molar-refractivity contribution in [3.63, 3.8) is 0 Å². The van der Waals surface area contributed by atoms with Gasteiger partial charge in [0.05, 0.1) is 0 Å². The van der Waals surface area contributed by atoms with Crippen LogP contribution in [0.15, 0.2) is 48.5 Å². The average molecular weight is 437 g/mol. The summed E-state index contributed by atoms with van der Waals surface area (Å²) in [6.45, 7) is 0.590. The first-order chi connectivity index (χ1) is 15.5. The average Bonchev–Trinajstić information content (AvgIpc) is 3.08. The number of hydrogen-bond acceptors (Lipinski definition) is 4. The van der Waals surface area contributed by atoms with Crippen LogP contribution in [0.25, 0.3) is 11.1 Å². The monoisotopic (exact) mass is 436 g/mol. The van der Waals surface area contributed by atoms with Crippen molar-refractivity contribution >= 4 is 18.0 Å². The molecule has 0 heterocycles. The highest BCUT2D eigenvalue weighted by molar-refractivity contribution is 5.91. The standard InChI is InChI=1S/C25H28N2O5/c28-22(29)12-5-6-15-26-23(30)25(13-7-14-25)27-24(31)32-16-21-19-10-3-1-8-17(19)18-9-2-4-11-20(18)21/h1-4,8-11,21H,5-7,12-16H2,(H,26,30)(H,27,31)(H,28,29). The number of carbonyl (C=O) groups is 3. The van der Waals surface area contributed by atoms with E-state index in [-0.39, 0.29) is 24.9 Å². The maximum Gasteiger partial charge on any atom is 0.408 e. The number of hydrogen-bond donors (Lipinski definition) is 3. The van der Waals surface area contributed by atoms with Crippen LogP contribution in [0.5, 0.6) is 0 Å². The molecule has 1 fully saturated rings. The number of carbonyl (C=O) groups excluding carboxylic acids is 2. The van der Waals surface area contributed by atoms with Gasteiger partial charge >= 0.3 is 12.1 Å². The van der Waals surface area contributed by atoms with E-state index in [1.165, 1.54) is 0 Å². The topological polar surface area (TPSA) is 105 Å². The molecule has 2 aliphatic carbocycles. The predicted octanol–water partition coefficient (Wildman–Crippen LogP) is 3.82. The minimum Gasteiger partial charge on any atom is -0.481 e. The van der Waals surface area contributed by atoms with Crippen molar-refractivity contribution in [2.24, 2.45) is 0 Å². The van der Waals surface area contributed by atoms with E-state index in [4.69, 9.17) is 9.84 Å². The molecular weight excluding hydrogens is 408 g/mol. The summed E-state index contributed by atoms with van der Waals surface area (Å²) >= 11 is 0. The van der Waals surface area contributed by atoms with Gasteiger partial charge < -0.3 is 20.5 Å². The summed E-state index contributed by atoms with van der Waals surface area (Å²) in [4.78, 5) is 35.9. The molecule has 4 rings (SSSR count). The van der Waals surface area contributed by atoms with Gasteiger partial charge in [0, 0.05) is 18.9 Å². The van der Waals surface area contributed by atoms with Crippen LogP contribution in [0.1, 0.15) is 55.6 Å². The normalized spacial score (nSPS) is 15.8. The van der Waals surface area contributed by atoms with Crippen LogP contribution in [0.3, 0.4) is 0 Å². The van der Waals surface area contributed by atoms with E-state index in [9.17, 15) is 14.4 Å². The van der Waals surface area contributed by atoms with Crippen LogP contribution in [-0.4, -0.2) is 41.8 Å². The summed E-state index contributed by atoms with van der Waals surface area (Å²) in [6.07, 6.45) is 2.57. The summed E-state index contributed by atoms with van der Waals surface area (Å²) in [7, 11) is 0. The number of ether oxygens (including phenoxy) is 1. The number of alkyl carbamates (subject to hydrolysis) is 1. The number of benzene rings is 2. The first-order valence-corrected chi connectivity index (χ1v) is 11.1. The molecule has 0 radical (unpaired) electrons. The molecule has 2 aromatic rings. The molecule has 0 atom stereocenters. The van der Waals surface area contributed by atoms with Gasteiger partial charge in [-0.2, -0.15) is 0 Å². The van der Waals surface area contributed by atoms with Gasteiger partial charge in [-0.05, 0) is 54.4 Å². The third-order valence-electron chi connectivity index (χ3n) is 6.43. The van der Waals surface area contributed by atoms with Gasteiger partial charge in [-0.3, -0.25) is 9.59 Å². The second-order valence-corrected chi connectivity index (χ2v) is 8.49. The van der Waals surface area contributed by atoms with Crippen LogP contribution < -0.4 is 10.6 Å². The van der Waals surface area contributed by atoms with Gasteiger partial charge in [-0.1, -0.05) is 48.5 Å². The minimum atomic E-state index is -0.935. The zero-order valence-electron chi connectivity index (χ0n) is 17.9. The largest absolute Gasteiger partial charge is 0.481 e. The summed E-state index contributed by atoms with van der Waals surface area (Å²) in [5.74, 6) is -1.11. The van der Waals surface area contributed by atoms with Crippen LogP contribution in [-0.2, 0) is 14.3 Å². The van der Waals surface area contributed by atoms with Crippen molar-refractivity contribution in [1.29, 1.82) is 0 Å². The predicted molar refractivity (Wildman–Crippen MR) is 119 cm³/mol. The van der Waals surface area contributed by atoms with Crippen LogP contribution in [0.2, 0.25) is 0 Å². The fourth-order valence-electron chi connectivity index (χ4n) is 4.54. The lowest BCUT2D eigenvalue weighted by atomic mass is 9.76. The van der Waals surface area contributed by atoms with E-state index >= 15 is 0 Å². The number of amides is 2. The van der Waals surface area contributed by atoms with Gasteiger partial charge in [0.2, 0.25) is 5.91 Å². The summed E-state index contributed by atoms with van der Waals surface area (Å²) < 4.78 is 5.60. The zero-order chi connectivity index (χ0) is 22.6. The van der Waals surface area contributed by atoms with Crippen molar-refractivity contribution in [2.75, 3.05) is 13.2 Å². The van der Waals surface area contributed by atoms with E-state index in [0.717, 1.165) is 28.7 Å². The zero-order valence-corrected chi connectivity index (χ0v) is 17.9. The first-order valence-electron chi connectivity index (χ1n) is 11.1. The van der Waals surface area contributed by atoms with Gasteiger partial charge in [-0.25, -0.2) is 4.79 Å². The van der Waals surface area contributed by atoms with Crippen LogP contribution in [0, 0.1) is 0 Å². The highest BCUT2D eigenvalue weighted by Crippen LogP contribution is 2.44. The molecule has 0 aromatic heterocycles. The van der Waals surface area contributed by atoms with E-state index < -0.39 is 17.6 Å². The molecule has 1 saturated carbocycles. The summed E-state index contributed by atoms with van der Waals surface area (Å²) in [5, 5.41) is 14.3. The van der Waals surface area contributed by atoms with Gasteiger partial charge in [0.25, 0.3) is 0 Å². The number of aliphatic carboxylic acids is 1. The second-order valence-electron chi connectivity index (χ2n) is 8.49. The van der Waals surface area contributed by atoms with Crippen LogP contribution >= 0.6 is 0 Å². The smallest absolute Gasteiger partial charge is 0.408 e. The molecule has 2 aromatic carbocycles. The third-order valence-corrected chi connectivity index (χ3v) is 6.43. The number of carboxylic acid groups (broad SMARTS) is 1. The molecule has 0 aliphatic heterocycles. The maximum absolute atomic E-state index is 12.7. The third kappa shape index (κ3) is 4.47. The van der Waals surface area contributed by atoms with Crippen molar-refractivity contribution in [2.45, 2.75) is 50.0 Å². The lowest BCUT2D eigenvalue weighted by Crippen LogP contribution is -2.63. The summed E-state index contributed by atoms with van der Waals surface area (Å²) in [6, 6.07) is 16.3. The number of fused-ring (bicyclic) bond motifs is 3. The van der Waals surface area contributed by atoms with Gasteiger partial charge in [-0.15, -0.1) is 0 Å². The molecule has 32 heavy (non-hydrogen) atoms.